The summed E-state index contributed by atoms with van der Waals surface area (Å²) < 4.78 is 7.71. The lowest BCUT2D eigenvalue weighted by molar-refractivity contribution is 0.186. The summed E-state index contributed by atoms with van der Waals surface area (Å²) >= 11 is 0. The van der Waals surface area contributed by atoms with Gasteiger partial charge in [0.25, 0.3) is 0 Å². The van der Waals surface area contributed by atoms with Crippen molar-refractivity contribution in [2.45, 2.75) is 20.0 Å². The number of aromatic nitrogens is 4. The van der Waals surface area contributed by atoms with Gasteiger partial charge >= 0.3 is 0 Å². The number of nitriles is 1. The SMILES string of the molecule is Cc1nc(Oc2cc(C#N)ccc2-n2cc([C@H](O)CN)cn2)cc(-c2ccccc2C)n1. The zero-order chi connectivity index (χ0) is 22.7. The van der Waals surface area contributed by atoms with E-state index in [4.69, 9.17) is 10.5 Å². The van der Waals surface area contributed by atoms with Gasteiger partial charge in [-0.3, -0.25) is 0 Å². The Morgan fingerprint density at radius 1 is 1.16 bits per heavy atom. The highest BCUT2D eigenvalue weighted by Gasteiger charge is 2.15. The van der Waals surface area contributed by atoms with Crippen LogP contribution in [0.2, 0.25) is 0 Å². The van der Waals surface area contributed by atoms with Crippen LogP contribution in [-0.4, -0.2) is 31.4 Å². The van der Waals surface area contributed by atoms with Crippen molar-refractivity contribution in [1.29, 1.82) is 5.26 Å². The molecule has 2 heterocycles. The third kappa shape index (κ3) is 4.34. The van der Waals surface area contributed by atoms with Crippen LogP contribution in [0.4, 0.5) is 0 Å². The molecule has 8 nitrogen and oxygen atoms in total. The average Bonchev–Trinajstić information content (AvgIpc) is 3.28. The summed E-state index contributed by atoms with van der Waals surface area (Å²) in [6, 6.07) is 16.9. The van der Waals surface area contributed by atoms with Crippen molar-refractivity contribution in [3.05, 3.63) is 83.4 Å². The molecular formula is C24H22N6O2. The molecule has 0 spiro atoms. The molecule has 2 aromatic carbocycles. The first-order valence-corrected chi connectivity index (χ1v) is 10.0. The Morgan fingerprint density at radius 3 is 2.72 bits per heavy atom. The second kappa shape index (κ2) is 8.98. The zero-order valence-electron chi connectivity index (χ0n) is 17.7. The molecule has 4 rings (SSSR count). The van der Waals surface area contributed by atoms with Gasteiger partial charge in [-0.1, -0.05) is 24.3 Å². The predicted molar refractivity (Wildman–Crippen MR) is 119 cm³/mol. The van der Waals surface area contributed by atoms with Crippen LogP contribution in [0.5, 0.6) is 11.6 Å². The van der Waals surface area contributed by atoms with Crippen molar-refractivity contribution in [2.24, 2.45) is 5.73 Å². The minimum atomic E-state index is -0.812. The standard InChI is InChI=1S/C24H22N6O2/c1-15-5-3-4-6-19(15)20-10-24(29-16(2)28-20)32-23-9-17(11-25)7-8-21(23)30-14-18(13-27-30)22(31)12-26/h3-10,13-14,22,31H,12,26H2,1-2H3/t22-/m1/s1. The first-order valence-electron chi connectivity index (χ1n) is 10.0. The number of nitrogens with zero attached hydrogens (tertiary/aromatic N) is 5. The molecule has 0 fully saturated rings. The fraction of sp³-hybridized carbons (Fsp3) is 0.167. The highest BCUT2D eigenvalue weighted by Crippen LogP contribution is 2.31. The molecule has 4 aromatic rings. The van der Waals surface area contributed by atoms with E-state index in [9.17, 15) is 10.4 Å². The van der Waals surface area contributed by atoms with Gasteiger partial charge in [0.1, 0.15) is 11.5 Å². The zero-order valence-corrected chi connectivity index (χ0v) is 17.7. The van der Waals surface area contributed by atoms with E-state index < -0.39 is 6.10 Å². The molecule has 8 heteroatoms. The fourth-order valence-corrected chi connectivity index (χ4v) is 3.33. The second-order valence-corrected chi connectivity index (χ2v) is 7.32. The van der Waals surface area contributed by atoms with Gasteiger partial charge < -0.3 is 15.6 Å². The van der Waals surface area contributed by atoms with Crippen molar-refractivity contribution in [1.82, 2.24) is 19.7 Å². The smallest absolute Gasteiger partial charge is 0.223 e. The molecule has 3 N–H and O–H groups in total. The third-order valence-corrected chi connectivity index (χ3v) is 5.00. The van der Waals surface area contributed by atoms with Gasteiger partial charge in [0.05, 0.1) is 29.6 Å². The van der Waals surface area contributed by atoms with Gasteiger partial charge in [-0.15, -0.1) is 0 Å². The number of ether oxygens (including phenoxy) is 1. The van der Waals surface area contributed by atoms with Crippen LogP contribution in [0.25, 0.3) is 16.9 Å². The average molecular weight is 426 g/mol. The lowest BCUT2D eigenvalue weighted by Gasteiger charge is -2.13. The molecular weight excluding hydrogens is 404 g/mol. The lowest BCUT2D eigenvalue weighted by atomic mass is 10.1. The van der Waals surface area contributed by atoms with Crippen molar-refractivity contribution >= 4 is 0 Å². The van der Waals surface area contributed by atoms with E-state index in [-0.39, 0.29) is 6.54 Å². The number of aliphatic hydroxyl groups is 1. The Kier molecular flexibility index (Phi) is 5.94. The number of hydrogen-bond donors (Lipinski definition) is 2. The summed E-state index contributed by atoms with van der Waals surface area (Å²) in [5, 5.41) is 23.7. The molecule has 0 saturated heterocycles. The normalized spacial score (nSPS) is 11.7. The van der Waals surface area contributed by atoms with Crippen molar-refractivity contribution in [2.75, 3.05) is 6.54 Å². The van der Waals surface area contributed by atoms with E-state index >= 15 is 0 Å². The molecule has 0 aliphatic carbocycles. The molecule has 160 valence electrons. The number of aryl methyl sites for hydroxylation is 2. The van der Waals surface area contributed by atoms with Crippen LogP contribution in [-0.2, 0) is 0 Å². The minimum Gasteiger partial charge on any atom is -0.437 e. The Morgan fingerprint density at radius 2 is 1.97 bits per heavy atom. The Labute approximate surface area is 185 Å². The van der Waals surface area contributed by atoms with Gasteiger partial charge in [-0.25, -0.2) is 9.67 Å². The number of rotatable bonds is 6. The Balaban J connectivity index is 1.75. The van der Waals surface area contributed by atoms with Gasteiger partial charge in [-0.2, -0.15) is 15.3 Å². The summed E-state index contributed by atoms with van der Waals surface area (Å²) in [5.74, 6) is 1.31. The second-order valence-electron chi connectivity index (χ2n) is 7.32. The molecule has 0 aliphatic heterocycles. The monoisotopic (exact) mass is 426 g/mol. The van der Waals surface area contributed by atoms with Crippen molar-refractivity contribution < 1.29 is 9.84 Å². The maximum atomic E-state index is 10.00. The molecule has 32 heavy (non-hydrogen) atoms. The van der Waals surface area contributed by atoms with Gasteiger partial charge in [0, 0.05) is 36.0 Å². The van der Waals surface area contributed by atoms with Crippen LogP contribution < -0.4 is 10.5 Å². The summed E-state index contributed by atoms with van der Waals surface area (Å²) in [4.78, 5) is 8.97. The third-order valence-electron chi connectivity index (χ3n) is 5.00. The van der Waals surface area contributed by atoms with Gasteiger partial charge in [0.2, 0.25) is 5.88 Å². The summed E-state index contributed by atoms with van der Waals surface area (Å²) in [6.45, 7) is 3.91. The number of benzene rings is 2. The summed E-state index contributed by atoms with van der Waals surface area (Å²) in [6.07, 6.45) is 2.41. The van der Waals surface area contributed by atoms with Crippen LogP contribution in [0.1, 0.15) is 28.6 Å². The van der Waals surface area contributed by atoms with E-state index in [1.165, 1.54) is 0 Å². The summed E-state index contributed by atoms with van der Waals surface area (Å²) in [5.41, 5.74) is 9.98. The number of aliphatic hydroxyl groups excluding tert-OH is 1. The van der Waals surface area contributed by atoms with Crippen molar-refractivity contribution in [3.8, 4) is 34.6 Å². The van der Waals surface area contributed by atoms with Gasteiger partial charge in [-0.05, 0) is 31.5 Å². The summed E-state index contributed by atoms with van der Waals surface area (Å²) in [7, 11) is 0. The highest BCUT2D eigenvalue weighted by atomic mass is 16.5. The first-order chi connectivity index (χ1) is 15.5. The van der Waals surface area contributed by atoms with Crippen LogP contribution in [0, 0.1) is 25.2 Å². The molecule has 0 amide bonds. The first kappa shape index (κ1) is 21.2. The van der Waals surface area contributed by atoms with Crippen molar-refractivity contribution in [3.63, 3.8) is 0 Å². The minimum absolute atomic E-state index is 0.0876. The lowest BCUT2D eigenvalue weighted by Crippen LogP contribution is -2.10. The van der Waals surface area contributed by atoms with E-state index in [1.54, 1.807) is 48.3 Å². The number of nitrogens with two attached hydrogens (primary N) is 1. The maximum Gasteiger partial charge on any atom is 0.223 e. The Bertz CT molecular complexity index is 1310. The molecule has 1 atom stereocenters. The topological polar surface area (TPSA) is 123 Å². The largest absolute Gasteiger partial charge is 0.437 e. The molecule has 0 radical (unpaired) electrons. The fourth-order valence-electron chi connectivity index (χ4n) is 3.33. The molecule has 0 unspecified atom stereocenters. The van der Waals surface area contributed by atoms with Crippen LogP contribution in [0.15, 0.2) is 60.9 Å². The van der Waals surface area contributed by atoms with Gasteiger partial charge in [0.15, 0.2) is 5.75 Å². The maximum absolute atomic E-state index is 10.00. The highest BCUT2D eigenvalue weighted by molar-refractivity contribution is 5.64. The van der Waals surface area contributed by atoms with Crippen LogP contribution >= 0.6 is 0 Å². The molecule has 0 saturated carbocycles. The molecule has 0 bridgehead atoms. The van der Waals surface area contributed by atoms with E-state index in [0.717, 1.165) is 16.8 Å². The predicted octanol–water partition coefficient (Wildman–Crippen LogP) is 3.60. The number of hydrogen-bond acceptors (Lipinski definition) is 7. The van der Waals surface area contributed by atoms with E-state index in [2.05, 4.69) is 21.1 Å². The van der Waals surface area contributed by atoms with E-state index in [1.807, 2.05) is 31.2 Å². The Hall–Kier alpha value is -4.06. The molecule has 2 aromatic heterocycles. The molecule has 0 aliphatic rings. The van der Waals surface area contributed by atoms with Crippen LogP contribution in [0.3, 0.4) is 0 Å². The quantitative estimate of drug-likeness (QED) is 0.483. The van der Waals surface area contributed by atoms with E-state index in [0.29, 0.717) is 34.3 Å².